The summed E-state index contributed by atoms with van der Waals surface area (Å²) in [5, 5.41) is 10.7. The predicted octanol–water partition coefficient (Wildman–Crippen LogP) is 2.52. The number of pyridine rings is 1. The summed E-state index contributed by atoms with van der Waals surface area (Å²) >= 11 is 1.20. The molecule has 0 saturated carbocycles. The van der Waals surface area contributed by atoms with E-state index in [1.54, 1.807) is 37.0 Å². The Morgan fingerprint density at radius 3 is 3.00 bits per heavy atom. The van der Waals surface area contributed by atoms with E-state index >= 15 is 0 Å². The summed E-state index contributed by atoms with van der Waals surface area (Å²) in [7, 11) is 1.55. The fourth-order valence-electron chi connectivity index (χ4n) is 1.38. The zero-order valence-electron chi connectivity index (χ0n) is 8.51. The first-order valence-corrected chi connectivity index (χ1v) is 5.40. The molecule has 0 aliphatic rings. The van der Waals surface area contributed by atoms with Gasteiger partial charge in [0.2, 0.25) is 0 Å². The zero-order valence-corrected chi connectivity index (χ0v) is 9.32. The van der Waals surface area contributed by atoms with E-state index in [2.05, 4.69) is 4.98 Å². The van der Waals surface area contributed by atoms with Gasteiger partial charge in [-0.05, 0) is 17.5 Å². The third-order valence-corrected chi connectivity index (χ3v) is 3.02. The molecule has 2 aromatic heterocycles. The van der Waals surface area contributed by atoms with E-state index in [-0.39, 0.29) is 0 Å². The SMILES string of the molecule is COc1cncc(-c2ccsc2C(=O)O)c1. The molecule has 0 radical (unpaired) electrons. The number of carboxylic acid groups (broad SMARTS) is 1. The first kappa shape index (κ1) is 10.6. The summed E-state index contributed by atoms with van der Waals surface area (Å²) in [5.74, 6) is -0.312. The molecule has 0 amide bonds. The van der Waals surface area contributed by atoms with Crippen molar-refractivity contribution >= 4 is 17.3 Å². The Morgan fingerprint density at radius 2 is 2.31 bits per heavy atom. The van der Waals surface area contributed by atoms with Crippen LogP contribution in [0.15, 0.2) is 29.9 Å². The number of ether oxygens (including phenoxy) is 1. The van der Waals surface area contributed by atoms with E-state index in [4.69, 9.17) is 9.84 Å². The lowest BCUT2D eigenvalue weighted by molar-refractivity contribution is 0.0703. The molecule has 0 spiro atoms. The van der Waals surface area contributed by atoms with Crippen molar-refractivity contribution in [3.8, 4) is 16.9 Å². The smallest absolute Gasteiger partial charge is 0.346 e. The quantitative estimate of drug-likeness (QED) is 0.888. The second kappa shape index (κ2) is 4.32. The fraction of sp³-hybridized carbons (Fsp3) is 0.0909. The molecule has 16 heavy (non-hydrogen) atoms. The number of hydrogen-bond acceptors (Lipinski definition) is 4. The number of rotatable bonds is 3. The monoisotopic (exact) mass is 235 g/mol. The maximum Gasteiger partial charge on any atom is 0.346 e. The Labute approximate surface area is 96.1 Å². The van der Waals surface area contributed by atoms with E-state index in [1.807, 2.05) is 0 Å². The minimum Gasteiger partial charge on any atom is -0.495 e. The summed E-state index contributed by atoms with van der Waals surface area (Å²) in [6.07, 6.45) is 3.20. The van der Waals surface area contributed by atoms with Gasteiger partial charge < -0.3 is 9.84 Å². The van der Waals surface area contributed by atoms with Gasteiger partial charge in [0.25, 0.3) is 0 Å². The van der Waals surface area contributed by atoms with Crippen LogP contribution in [0.3, 0.4) is 0 Å². The van der Waals surface area contributed by atoms with E-state index in [9.17, 15) is 4.79 Å². The lowest BCUT2D eigenvalue weighted by Gasteiger charge is -2.03. The van der Waals surface area contributed by atoms with Gasteiger partial charge in [0, 0.05) is 17.3 Å². The zero-order chi connectivity index (χ0) is 11.5. The number of carboxylic acids is 1. The predicted molar refractivity (Wildman–Crippen MR) is 61.1 cm³/mol. The summed E-state index contributed by atoms with van der Waals surface area (Å²) < 4.78 is 5.05. The number of hydrogen-bond donors (Lipinski definition) is 1. The second-order valence-electron chi connectivity index (χ2n) is 3.08. The molecular weight excluding hydrogens is 226 g/mol. The summed E-state index contributed by atoms with van der Waals surface area (Å²) in [4.78, 5) is 15.3. The standard InChI is InChI=1S/C11H9NO3S/c1-15-8-4-7(5-12-6-8)9-2-3-16-10(9)11(13)14/h2-6H,1H3,(H,13,14). The van der Waals surface area contributed by atoms with Crippen LogP contribution in [-0.2, 0) is 0 Å². The van der Waals surface area contributed by atoms with E-state index < -0.39 is 5.97 Å². The average molecular weight is 235 g/mol. The first-order valence-electron chi connectivity index (χ1n) is 4.52. The van der Waals surface area contributed by atoms with Crippen molar-refractivity contribution in [2.24, 2.45) is 0 Å². The van der Waals surface area contributed by atoms with Crippen LogP contribution in [-0.4, -0.2) is 23.2 Å². The molecule has 0 saturated heterocycles. The highest BCUT2D eigenvalue weighted by atomic mass is 32.1. The van der Waals surface area contributed by atoms with Gasteiger partial charge in [-0.1, -0.05) is 0 Å². The number of methoxy groups -OCH3 is 1. The number of nitrogens with zero attached hydrogens (tertiary/aromatic N) is 1. The molecule has 5 heteroatoms. The van der Waals surface area contributed by atoms with Gasteiger partial charge in [0.15, 0.2) is 0 Å². The normalized spacial score (nSPS) is 10.1. The van der Waals surface area contributed by atoms with Crippen molar-refractivity contribution < 1.29 is 14.6 Å². The lowest BCUT2D eigenvalue weighted by atomic mass is 10.1. The van der Waals surface area contributed by atoms with Crippen molar-refractivity contribution in [3.63, 3.8) is 0 Å². The molecule has 2 heterocycles. The van der Waals surface area contributed by atoms with Crippen molar-refractivity contribution in [2.75, 3.05) is 7.11 Å². The molecule has 4 nitrogen and oxygen atoms in total. The first-order chi connectivity index (χ1) is 7.72. The van der Waals surface area contributed by atoms with Crippen LogP contribution >= 0.6 is 11.3 Å². The maximum absolute atomic E-state index is 11.0. The maximum atomic E-state index is 11.0. The molecular formula is C11H9NO3S. The minimum atomic E-state index is -0.923. The van der Waals surface area contributed by atoms with Crippen LogP contribution in [0.1, 0.15) is 9.67 Å². The van der Waals surface area contributed by atoms with Crippen molar-refractivity contribution in [1.29, 1.82) is 0 Å². The second-order valence-corrected chi connectivity index (χ2v) is 4.00. The van der Waals surface area contributed by atoms with E-state index in [0.717, 1.165) is 5.56 Å². The van der Waals surface area contributed by atoms with E-state index in [1.165, 1.54) is 11.3 Å². The van der Waals surface area contributed by atoms with Crippen LogP contribution in [0.4, 0.5) is 0 Å². The topological polar surface area (TPSA) is 59.4 Å². The van der Waals surface area contributed by atoms with Gasteiger partial charge in [0.1, 0.15) is 10.6 Å². The van der Waals surface area contributed by atoms with Gasteiger partial charge in [-0.2, -0.15) is 0 Å². The van der Waals surface area contributed by atoms with Gasteiger partial charge in [-0.3, -0.25) is 4.98 Å². The number of thiophene rings is 1. The van der Waals surface area contributed by atoms with Gasteiger partial charge in [-0.15, -0.1) is 11.3 Å². The van der Waals surface area contributed by atoms with Crippen molar-refractivity contribution in [3.05, 3.63) is 34.8 Å². The molecule has 0 atom stereocenters. The van der Waals surface area contributed by atoms with Crippen LogP contribution in [0.25, 0.3) is 11.1 Å². The Morgan fingerprint density at radius 1 is 1.50 bits per heavy atom. The Hall–Kier alpha value is -1.88. The molecule has 0 aliphatic carbocycles. The van der Waals surface area contributed by atoms with Gasteiger partial charge >= 0.3 is 5.97 Å². The van der Waals surface area contributed by atoms with Crippen LogP contribution in [0.5, 0.6) is 5.75 Å². The Balaban J connectivity index is 2.50. The van der Waals surface area contributed by atoms with Crippen LogP contribution in [0.2, 0.25) is 0 Å². The van der Waals surface area contributed by atoms with Crippen LogP contribution < -0.4 is 4.74 Å². The average Bonchev–Trinajstić information content (AvgIpc) is 2.78. The summed E-state index contributed by atoms with van der Waals surface area (Å²) in [6.45, 7) is 0. The lowest BCUT2D eigenvalue weighted by Crippen LogP contribution is -1.95. The minimum absolute atomic E-state index is 0.315. The molecule has 0 unspecified atom stereocenters. The van der Waals surface area contributed by atoms with Crippen molar-refractivity contribution in [1.82, 2.24) is 4.98 Å². The third kappa shape index (κ3) is 1.90. The molecule has 2 rings (SSSR count). The molecule has 0 aromatic carbocycles. The van der Waals surface area contributed by atoms with Crippen LogP contribution in [0, 0.1) is 0 Å². The molecule has 0 fully saturated rings. The summed E-state index contributed by atoms with van der Waals surface area (Å²) in [6, 6.07) is 3.53. The highest BCUT2D eigenvalue weighted by molar-refractivity contribution is 7.12. The molecule has 82 valence electrons. The Kier molecular flexibility index (Phi) is 2.87. The number of aromatic nitrogens is 1. The molecule has 1 N–H and O–H groups in total. The van der Waals surface area contributed by atoms with Gasteiger partial charge in [-0.25, -0.2) is 4.79 Å². The van der Waals surface area contributed by atoms with E-state index in [0.29, 0.717) is 16.2 Å². The largest absolute Gasteiger partial charge is 0.495 e. The highest BCUT2D eigenvalue weighted by Crippen LogP contribution is 2.29. The number of carbonyl (C=O) groups is 1. The highest BCUT2D eigenvalue weighted by Gasteiger charge is 2.13. The summed E-state index contributed by atoms with van der Waals surface area (Å²) in [5.41, 5.74) is 1.42. The number of aromatic carboxylic acids is 1. The van der Waals surface area contributed by atoms with Crippen molar-refractivity contribution in [2.45, 2.75) is 0 Å². The fourth-order valence-corrected chi connectivity index (χ4v) is 2.13. The molecule has 0 bridgehead atoms. The van der Waals surface area contributed by atoms with Gasteiger partial charge in [0.05, 0.1) is 13.3 Å². The Bertz CT molecular complexity index is 521. The molecule has 2 aromatic rings. The third-order valence-electron chi connectivity index (χ3n) is 2.12. The molecule has 0 aliphatic heterocycles.